The first-order valence-electron chi connectivity index (χ1n) is 5.91. The molecular formula is C14H18O3. The summed E-state index contributed by atoms with van der Waals surface area (Å²) in [6.07, 6.45) is 2.56. The summed E-state index contributed by atoms with van der Waals surface area (Å²) in [5.74, 6) is 1.98. The van der Waals surface area contributed by atoms with Crippen molar-refractivity contribution in [3.05, 3.63) is 36.4 Å². The highest BCUT2D eigenvalue weighted by Gasteiger charge is 2.30. The Bertz CT molecular complexity index is 400. The molecular weight excluding hydrogens is 216 g/mol. The van der Waals surface area contributed by atoms with Crippen LogP contribution in [0.15, 0.2) is 30.9 Å². The van der Waals surface area contributed by atoms with Crippen molar-refractivity contribution in [2.75, 3.05) is 13.2 Å². The maximum atomic E-state index is 9.08. The van der Waals surface area contributed by atoms with Gasteiger partial charge in [-0.15, -0.1) is 0 Å². The summed E-state index contributed by atoms with van der Waals surface area (Å²) in [5, 5.41) is 9.08. The van der Waals surface area contributed by atoms with E-state index in [0.717, 1.165) is 23.5 Å². The molecule has 0 fully saturated rings. The monoisotopic (exact) mass is 234 g/mol. The number of aliphatic hydroxyl groups is 1. The van der Waals surface area contributed by atoms with Crippen LogP contribution in [0, 0.1) is 0 Å². The van der Waals surface area contributed by atoms with Crippen LogP contribution in [-0.2, 0) is 0 Å². The lowest BCUT2D eigenvalue weighted by Crippen LogP contribution is -2.15. The minimum Gasteiger partial charge on any atom is -0.490 e. The van der Waals surface area contributed by atoms with Crippen LogP contribution in [0.2, 0.25) is 0 Å². The van der Waals surface area contributed by atoms with Gasteiger partial charge in [-0.05, 0) is 31.5 Å². The Hall–Kier alpha value is -1.48. The number of hydrogen-bond acceptors (Lipinski definition) is 3. The summed E-state index contributed by atoms with van der Waals surface area (Å²) in [6.45, 7) is 6.33. The Balaban J connectivity index is 2.21. The first kappa shape index (κ1) is 12.0. The van der Waals surface area contributed by atoms with E-state index in [1.54, 1.807) is 6.08 Å². The highest BCUT2D eigenvalue weighted by Crippen LogP contribution is 2.41. The largest absolute Gasteiger partial charge is 0.490 e. The third-order valence-corrected chi connectivity index (χ3v) is 3.07. The average Bonchev–Trinajstić information content (AvgIpc) is 2.64. The van der Waals surface area contributed by atoms with Gasteiger partial charge in [-0.3, -0.25) is 0 Å². The second kappa shape index (κ2) is 5.23. The molecule has 0 aromatic heterocycles. The number of ether oxygens (including phenoxy) is 2. The predicted octanol–water partition coefficient (Wildman–Crippen LogP) is 2.50. The number of rotatable bonds is 5. The standard InChI is InChI=1S/C14H18O3/c1-3-8-16-11-4-5-14-13(9-11)12(6-7-15)10(2)17-14/h3-5,9-10,12,15H,1,6-8H2,2H3/t10?,12-/m1/s1. The lowest BCUT2D eigenvalue weighted by molar-refractivity contribution is 0.197. The Morgan fingerprint density at radius 3 is 3.06 bits per heavy atom. The van der Waals surface area contributed by atoms with Crippen LogP contribution in [0.5, 0.6) is 11.5 Å². The van der Waals surface area contributed by atoms with Crippen LogP contribution >= 0.6 is 0 Å². The van der Waals surface area contributed by atoms with Crippen LogP contribution in [-0.4, -0.2) is 24.4 Å². The van der Waals surface area contributed by atoms with E-state index in [9.17, 15) is 0 Å². The zero-order valence-electron chi connectivity index (χ0n) is 10.1. The minimum absolute atomic E-state index is 0.117. The van der Waals surface area contributed by atoms with Gasteiger partial charge in [-0.2, -0.15) is 0 Å². The van der Waals surface area contributed by atoms with Gasteiger partial charge in [0.05, 0.1) is 0 Å². The predicted molar refractivity (Wildman–Crippen MR) is 66.7 cm³/mol. The van der Waals surface area contributed by atoms with Crippen molar-refractivity contribution in [1.82, 2.24) is 0 Å². The van der Waals surface area contributed by atoms with Gasteiger partial charge in [-0.25, -0.2) is 0 Å². The fourth-order valence-electron chi connectivity index (χ4n) is 2.23. The van der Waals surface area contributed by atoms with E-state index in [2.05, 4.69) is 6.58 Å². The molecule has 0 amide bonds. The molecule has 0 spiro atoms. The molecule has 1 unspecified atom stereocenters. The molecule has 0 bridgehead atoms. The van der Waals surface area contributed by atoms with E-state index in [1.165, 1.54) is 0 Å². The quantitative estimate of drug-likeness (QED) is 0.795. The zero-order valence-corrected chi connectivity index (χ0v) is 10.1. The molecule has 1 N–H and O–H groups in total. The van der Waals surface area contributed by atoms with Crippen molar-refractivity contribution in [3.8, 4) is 11.5 Å². The average molecular weight is 234 g/mol. The van der Waals surface area contributed by atoms with Crippen LogP contribution < -0.4 is 9.47 Å². The molecule has 0 aliphatic carbocycles. The van der Waals surface area contributed by atoms with Crippen molar-refractivity contribution in [3.63, 3.8) is 0 Å². The maximum Gasteiger partial charge on any atom is 0.123 e. The molecule has 0 saturated heterocycles. The number of aliphatic hydroxyl groups excluding tert-OH is 1. The van der Waals surface area contributed by atoms with Gasteiger partial charge >= 0.3 is 0 Å². The van der Waals surface area contributed by atoms with Gasteiger partial charge in [0.25, 0.3) is 0 Å². The van der Waals surface area contributed by atoms with Gasteiger partial charge in [-0.1, -0.05) is 12.7 Å². The molecule has 2 rings (SSSR count). The zero-order chi connectivity index (χ0) is 12.3. The van der Waals surface area contributed by atoms with Gasteiger partial charge in [0.1, 0.15) is 24.2 Å². The number of hydrogen-bond donors (Lipinski definition) is 1. The Kier molecular flexibility index (Phi) is 3.69. The fraction of sp³-hybridized carbons (Fsp3) is 0.429. The van der Waals surface area contributed by atoms with E-state index >= 15 is 0 Å². The Labute approximate surface area is 102 Å². The van der Waals surface area contributed by atoms with Crippen LogP contribution in [0.3, 0.4) is 0 Å². The summed E-state index contributed by atoms with van der Waals surface area (Å²) in [7, 11) is 0. The van der Waals surface area contributed by atoms with Gasteiger partial charge < -0.3 is 14.6 Å². The van der Waals surface area contributed by atoms with Gasteiger partial charge in [0.15, 0.2) is 0 Å². The summed E-state index contributed by atoms with van der Waals surface area (Å²) >= 11 is 0. The number of benzene rings is 1. The van der Waals surface area contributed by atoms with Crippen molar-refractivity contribution < 1.29 is 14.6 Å². The molecule has 0 radical (unpaired) electrons. The summed E-state index contributed by atoms with van der Waals surface area (Å²) in [4.78, 5) is 0. The molecule has 3 nitrogen and oxygen atoms in total. The topological polar surface area (TPSA) is 38.7 Å². The molecule has 1 aliphatic heterocycles. The van der Waals surface area contributed by atoms with E-state index < -0.39 is 0 Å². The van der Waals surface area contributed by atoms with Crippen molar-refractivity contribution in [2.45, 2.75) is 25.4 Å². The second-order valence-electron chi connectivity index (χ2n) is 4.24. The highest BCUT2D eigenvalue weighted by atomic mass is 16.5. The van der Waals surface area contributed by atoms with Crippen molar-refractivity contribution >= 4 is 0 Å². The first-order valence-corrected chi connectivity index (χ1v) is 5.91. The second-order valence-corrected chi connectivity index (χ2v) is 4.24. The molecule has 17 heavy (non-hydrogen) atoms. The van der Waals surface area contributed by atoms with Crippen molar-refractivity contribution in [2.24, 2.45) is 0 Å². The lowest BCUT2D eigenvalue weighted by Gasteiger charge is -2.13. The third kappa shape index (κ3) is 2.44. The molecule has 1 aliphatic rings. The minimum atomic E-state index is 0.117. The maximum absolute atomic E-state index is 9.08. The molecule has 1 aromatic carbocycles. The molecule has 3 heteroatoms. The SMILES string of the molecule is C=CCOc1ccc2c(c1)[C@H](CCO)C(C)O2. The van der Waals surface area contributed by atoms with E-state index in [-0.39, 0.29) is 18.6 Å². The summed E-state index contributed by atoms with van der Waals surface area (Å²) in [5.41, 5.74) is 1.13. The Morgan fingerprint density at radius 2 is 2.35 bits per heavy atom. The molecule has 92 valence electrons. The van der Waals surface area contributed by atoms with E-state index in [0.29, 0.717) is 6.61 Å². The fourth-order valence-corrected chi connectivity index (χ4v) is 2.23. The lowest BCUT2D eigenvalue weighted by atomic mass is 9.93. The van der Waals surface area contributed by atoms with Gasteiger partial charge in [0.2, 0.25) is 0 Å². The van der Waals surface area contributed by atoms with Crippen molar-refractivity contribution in [1.29, 1.82) is 0 Å². The third-order valence-electron chi connectivity index (χ3n) is 3.07. The summed E-state index contributed by atoms with van der Waals surface area (Å²) < 4.78 is 11.3. The smallest absolute Gasteiger partial charge is 0.123 e. The van der Waals surface area contributed by atoms with E-state index in [4.69, 9.17) is 14.6 Å². The first-order chi connectivity index (χ1) is 8.26. The molecule has 1 aromatic rings. The molecule has 2 atom stereocenters. The summed E-state index contributed by atoms with van der Waals surface area (Å²) in [6, 6.07) is 5.83. The normalized spacial score (nSPS) is 21.8. The van der Waals surface area contributed by atoms with Crippen LogP contribution in [0.25, 0.3) is 0 Å². The number of fused-ring (bicyclic) bond motifs is 1. The van der Waals surface area contributed by atoms with Gasteiger partial charge in [0, 0.05) is 18.1 Å². The molecule has 1 heterocycles. The van der Waals surface area contributed by atoms with E-state index in [1.807, 2.05) is 25.1 Å². The molecule has 0 saturated carbocycles. The van der Waals surface area contributed by atoms with Crippen LogP contribution in [0.1, 0.15) is 24.8 Å². The van der Waals surface area contributed by atoms with Crippen LogP contribution in [0.4, 0.5) is 0 Å². The highest BCUT2D eigenvalue weighted by molar-refractivity contribution is 5.46. The Morgan fingerprint density at radius 1 is 1.53 bits per heavy atom.